The second-order valence-corrected chi connectivity index (χ2v) is 8.88. The molecule has 2 aromatic carbocycles. The smallest absolute Gasteiger partial charge is 0.338 e. The van der Waals surface area contributed by atoms with E-state index in [1.165, 1.54) is 25.5 Å². The minimum atomic E-state index is -0.814. The first kappa shape index (κ1) is 24.8. The Kier molecular flexibility index (Phi) is 6.98. The molecule has 0 fully saturated rings. The van der Waals surface area contributed by atoms with Crippen LogP contribution in [0.5, 0.6) is 11.5 Å². The minimum Gasteiger partial charge on any atom is -0.466 e. The van der Waals surface area contributed by atoms with Crippen molar-refractivity contribution in [3.05, 3.63) is 90.6 Å². The van der Waals surface area contributed by atoms with Crippen molar-refractivity contribution in [3.8, 4) is 11.5 Å². The number of nitrogens with zero attached hydrogens (tertiary/aromatic N) is 2. The van der Waals surface area contributed by atoms with Gasteiger partial charge in [-0.1, -0.05) is 41.7 Å². The van der Waals surface area contributed by atoms with Gasteiger partial charge in [0.15, 0.2) is 4.80 Å². The van der Waals surface area contributed by atoms with E-state index in [-0.39, 0.29) is 11.1 Å². The van der Waals surface area contributed by atoms with Gasteiger partial charge in [0.05, 0.1) is 29.0 Å². The van der Waals surface area contributed by atoms with Gasteiger partial charge in [0.2, 0.25) is 0 Å². The SMILES string of the molecule is COC(=O)C1=C(C)N=c2s/c(=C/c3ccccc3OC(C)=O)c(=O)n2C1c1ccc(OC(C)=O)cc1. The zero-order valence-electron chi connectivity index (χ0n) is 19.9. The number of para-hydroxylation sites is 1. The molecule has 10 heteroatoms. The highest BCUT2D eigenvalue weighted by molar-refractivity contribution is 7.07. The fourth-order valence-electron chi connectivity index (χ4n) is 3.88. The van der Waals surface area contributed by atoms with E-state index < -0.39 is 23.9 Å². The maximum Gasteiger partial charge on any atom is 0.338 e. The minimum absolute atomic E-state index is 0.219. The fraction of sp³-hybridized carbons (Fsp3) is 0.192. The molecule has 1 aliphatic rings. The van der Waals surface area contributed by atoms with Crippen LogP contribution < -0.4 is 24.4 Å². The Balaban J connectivity index is 1.91. The number of rotatable bonds is 5. The van der Waals surface area contributed by atoms with E-state index in [0.717, 1.165) is 11.3 Å². The predicted molar refractivity (Wildman–Crippen MR) is 131 cm³/mol. The van der Waals surface area contributed by atoms with Gasteiger partial charge >= 0.3 is 17.9 Å². The molecular weight excluding hydrogens is 484 g/mol. The molecule has 184 valence electrons. The molecule has 0 bridgehead atoms. The molecule has 0 saturated carbocycles. The second-order valence-electron chi connectivity index (χ2n) is 7.87. The second kappa shape index (κ2) is 10.1. The van der Waals surface area contributed by atoms with E-state index in [1.807, 2.05) is 0 Å². The Morgan fingerprint density at radius 1 is 1.00 bits per heavy atom. The summed E-state index contributed by atoms with van der Waals surface area (Å²) in [6.45, 7) is 4.28. The van der Waals surface area contributed by atoms with Gasteiger partial charge < -0.3 is 14.2 Å². The first-order valence-corrected chi connectivity index (χ1v) is 11.7. The summed E-state index contributed by atoms with van der Waals surface area (Å²) in [6, 6.07) is 12.6. The zero-order valence-corrected chi connectivity index (χ0v) is 20.8. The highest BCUT2D eigenvalue weighted by atomic mass is 32.1. The van der Waals surface area contributed by atoms with E-state index in [9.17, 15) is 19.2 Å². The summed E-state index contributed by atoms with van der Waals surface area (Å²) < 4.78 is 17.2. The summed E-state index contributed by atoms with van der Waals surface area (Å²) in [7, 11) is 1.26. The number of carbonyl (C=O) groups is 3. The van der Waals surface area contributed by atoms with Crippen molar-refractivity contribution in [1.29, 1.82) is 0 Å². The van der Waals surface area contributed by atoms with Crippen LogP contribution in [0.2, 0.25) is 0 Å². The Morgan fingerprint density at radius 2 is 1.67 bits per heavy atom. The molecule has 0 amide bonds. The van der Waals surface area contributed by atoms with E-state index in [2.05, 4.69) is 4.99 Å². The van der Waals surface area contributed by atoms with Crippen molar-refractivity contribution in [3.63, 3.8) is 0 Å². The van der Waals surface area contributed by atoms with Gasteiger partial charge in [-0.3, -0.25) is 19.0 Å². The number of thiazole rings is 1. The van der Waals surface area contributed by atoms with Crippen molar-refractivity contribution >= 4 is 35.3 Å². The maximum absolute atomic E-state index is 13.6. The Bertz CT molecular complexity index is 1580. The topological polar surface area (TPSA) is 113 Å². The van der Waals surface area contributed by atoms with E-state index in [4.69, 9.17) is 14.2 Å². The largest absolute Gasteiger partial charge is 0.466 e. The van der Waals surface area contributed by atoms with Crippen LogP contribution in [-0.4, -0.2) is 29.6 Å². The van der Waals surface area contributed by atoms with Crippen molar-refractivity contribution in [1.82, 2.24) is 4.57 Å². The summed E-state index contributed by atoms with van der Waals surface area (Å²) in [6.07, 6.45) is 1.63. The normalized spacial score (nSPS) is 15.1. The maximum atomic E-state index is 13.6. The van der Waals surface area contributed by atoms with Gasteiger partial charge in [0.1, 0.15) is 11.5 Å². The number of benzene rings is 2. The average Bonchev–Trinajstić information content (AvgIpc) is 3.13. The van der Waals surface area contributed by atoms with Crippen molar-refractivity contribution in [2.45, 2.75) is 26.8 Å². The first-order chi connectivity index (χ1) is 17.2. The fourth-order valence-corrected chi connectivity index (χ4v) is 4.92. The third kappa shape index (κ3) is 4.89. The lowest BCUT2D eigenvalue weighted by Crippen LogP contribution is -2.39. The number of methoxy groups -OCH3 is 1. The molecule has 1 aliphatic heterocycles. The number of ether oxygens (including phenoxy) is 3. The molecule has 9 nitrogen and oxygen atoms in total. The van der Waals surface area contributed by atoms with Crippen LogP contribution in [0, 0.1) is 0 Å². The number of esters is 3. The lowest BCUT2D eigenvalue weighted by Gasteiger charge is -2.24. The summed E-state index contributed by atoms with van der Waals surface area (Å²) in [5.41, 5.74) is 1.41. The Morgan fingerprint density at radius 3 is 2.31 bits per heavy atom. The summed E-state index contributed by atoms with van der Waals surface area (Å²) in [4.78, 5) is 54.1. The Labute approximate surface area is 209 Å². The van der Waals surface area contributed by atoms with Crippen molar-refractivity contribution in [2.24, 2.45) is 4.99 Å². The van der Waals surface area contributed by atoms with Gasteiger partial charge in [-0.05, 0) is 36.8 Å². The molecule has 1 atom stereocenters. The zero-order chi connectivity index (χ0) is 26.0. The van der Waals surface area contributed by atoms with Gasteiger partial charge in [0, 0.05) is 19.4 Å². The van der Waals surface area contributed by atoms with E-state index >= 15 is 0 Å². The van der Waals surface area contributed by atoms with Gasteiger partial charge in [-0.2, -0.15) is 0 Å². The molecule has 36 heavy (non-hydrogen) atoms. The molecule has 4 rings (SSSR count). The summed E-state index contributed by atoms with van der Waals surface area (Å²) in [5, 5.41) is 0. The number of hydrogen-bond acceptors (Lipinski definition) is 9. The highest BCUT2D eigenvalue weighted by Gasteiger charge is 2.33. The van der Waals surface area contributed by atoms with Crippen LogP contribution in [-0.2, 0) is 19.1 Å². The molecule has 0 radical (unpaired) electrons. The van der Waals surface area contributed by atoms with Crippen LogP contribution in [0.3, 0.4) is 0 Å². The lowest BCUT2D eigenvalue weighted by atomic mass is 9.96. The third-order valence-electron chi connectivity index (χ3n) is 5.34. The monoisotopic (exact) mass is 506 g/mol. The van der Waals surface area contributed by atoms with Crippen LogP contribution in [0.1, 0.15) is 37.9 Å². The molecular formula is C26H22N2O7S. The Hall–Kier alpha value is -4.31. The van der Waals surface area contributed by atoms with Gasteiger partial charge in [-0.15, -0.1) is 0 Å². The van der Waals surface area contributed by atoms with Crippen LogP contribution in [0.4, 0.5) is 0 Å². The van der Waals surface area contributed by atoms with Gasteiger partial charge in [0.25, 0.3) is 5.56 Å². The number of carbonyl (C=O) groups excluding carboxylic acids is 3. The number of allylic oxidation sites excluding steroid dienone is 1. The molecule has 0 saturated heterocycles. The number of aromatic nitrogens is 1. The summed E-state index contributed by atoms with van der Waals surface area (Å²) >= 11 is 1.15. The summed E-state index contributed by atoms with van der Waals surface area (Å²) in [5.74, 6) is -0.899. The number of hydrogen-bond donors (Lipinski definition) is 0. The molecule has 0 N–H and O–H groups in total. The molecule has 2 heterocycles. The predicted octanol–water partition coefficient (Wildman–Crippen LogP) is 2.26. The van der Waals surface area contributed by atoms with E-state index in [1.54, 1.807) is 61.5 Å². The number of fused-ring (bicyclic) bond motifs is 1. The molecule has 3 aromatic rings. The highest BCUT2D eigenvalue weighted by Crippen LogP contribution is 2.31. The van der Waals surface area contributed by atoms with Crippen LogP contribution in [0.15, 0.2) is 69.6 Å². The van der Waals surface area contributed by atoms with Gasteiger partial charge in [-0.25, -0.2) is 9.79 Å². The molecule has 1 unspecified atom stereocenters. The average molecular weight is 507 g/mol. The first-order valence-electron chi connectivity index (χ1n) is 10.9. The lowest BCUT2D eigenvalue weighted by molar-refractivity contribution is -0.136. The standard InChI is InChI=1S/C26H22N2O7S/c1-14-22(25(32)33-4)23(17-9-11-19(12-10-17)34-15(2)29)28-24(31)21(36-26(28)27-14)13-18-7-5-6-8-20(18)35-16(3)30/h5-13,23H,1-4H3/b21-13+. The van der Waals surface area contributed by atoms with Crippen LogP contribution >= 0.6 is 11.3 Å². The third-order valence-corrected chi connectivity index (χ3v) is 6.33. The van der Waals surface area contributed by atoms with E-state index in [0.29, 0.717) is 37.7 Å². The van der Waals surface area contributed by atoms with Crippen molar-refractivity contribution in [2.75, 3.05) is 7.11 Å². The van der Waals surface area contributed by atoms with Crippen molar-refractivity contribution < 1.29 is 28.6 Å². The molecule has 0 aliphatic carbocycles. The quantitative estimate of drug-likeness (QED) is 0.385. The molecule has 0 spiro atoms. The van der Waals surface area contributed by atoms with Crippen LogP contribution in [0.25, 0.3) is 6.08 Å². The molecule has 1 aromatic heterocycles.